The molecule has 1 unspecified atom stereocenters. The van der Waals surface area contributed by atoms with Crippen LogP contribution in [-0.4, -0.2) is 26.8 Å². The van der Waals surface area contributed by atoms with Gasteiger partial charge in [-0.25, -0.2) is 0 Å². The van der Waals surface area contributed by atoms with Crippen molar-refractivity contribution in [3.8, 4) is 0 Å². The van der Waals surface area contributed by atoms with Gasteiger partial charge in [0, 0.05) is 31.1 Å². The van der Waals surface area contributed by atoms with Gasteiger partial charge in [-0.3, -0.25) is 0 Å². The minimum Gasteiger partial charge on any atom is -0.383 e. The molecule has 1 N–H and O–H groups in total. The van der Waals surface area contributed by atoms with E-state index in [1.165, 1.54) is 31.2 Å². The van der Waals surface area contributed by atoms with E-state index >= 15 is 0 Å². The molecule has 1 aromatic carbocycles. The molecule has 1 aliphatic carbocycles. The Morgan fingerprint density at radius 1 is 1.32 bits per heavy atom. The summed E-state index contributed by atoms with van der Waals surface area (Å²) in [6.45, 7) is 2.67. The molecule has 0 spiro atoms. The number of rotatable bonds is 7. The Labute approximate surface area is 121 Å². The first-order valence-corrected chi connectivity index (χ1v) is 7.65. The van der Waals surface area contributed by atoms with Gasteiger partial charge in [0.2, 0.25) is 0 Å². The number of halogens is 1. The van der Waals surface area contributed by atoms with E-state index in [2.05, 4.69) is 17.4 Å². The summed E-state index contributed by atoms with van der Waals surface area (Å²) in [4.78, 5) is 0. The van der Waals surface area contributed by atoms with Gasteiger partial charge in [0.15, 0.2) is 0 Å². The summed E-state index contributed by atoms with van der Waals surface area (Å²) >= 11 is 6.39. The van der Waals surface area contributed by atoms with Crippen LogP contribution >= 0.6 is 11.6 Å². The molecular formula is C16H24ClNO. The number of hydrogen-bond donors (Lipinski definition) is 1. The zero-order valence-electron chi connectivity index (χ0n) is 11.7. The molecule has 106 valence electrons. The molecule has 0 aromatic heterocycles. The first-order chi connectivity index (χ1) is 9.33. The van der Waals surface area contributed by atoms with E-state index < -0.39 is 0 Å². The number of hydrogen-bond acceptors (Lipinski definition) is 2. The van der Waals surface area contributed by atoms with Crippen molar-refractivity contribution in [2.45, 2.75) is 31.6 Å². The standard InChI is InChI=1S/C16H24ClNO/c1-19-11-10-18-12-15(13-6-2-3-7-13)14-8-4-5-9-16(14)17/h4-5,8-9,13,15,18H,2-3,6-7,10-12H2,1H3. The third-order valence-electron chi connectivity index (χ3n) is 4.12. The van der Waals surface area contributed by atoms with Gasteiger partial charge in [0.25, 0.3) is 0 Å². The van der Waals surface area contributed by atoms with E-state index in [4.69, 9.17) is 16.3 Å². The number of nitrogens with one attached hydrogen (secondary N) is 1. The Morgan fingerprint density at radius 3 is 2.74 bits per heavy atom. The summed E-state index contributed by atoms with van der Waals surface area (Å²) in [5.74, 6) is 1.31. The van der Waals surface area contributed by atoms with Gasteiger partial charge in [0.05, 0.1) is 6.61 Å². The van der Waals surface area contributed by atoms with E-state index in [0.29, 0.717) is 5.92 Å². The van der Waals surface area contributed by atoms with Crippen LogP contribution < -0.4 is 5.32 Å². The van der Waals surface area contributed by atoms with Crippen LogP contribution in [-0.2, 0) is 4.74 Å². The van der Waals surface area contributed by atoms with Crippen molar-refractivity contribution in [2.75, 3.05) is 26.8 Å². The lowest BCUT2D eigenvalue weighted by Crippen LogP contribution is -2.28. The second kappa shape index (κ2) is 7.88. The van der Waals surface area contributed by atoms with E-state index in [-0.39, 0.29) is 0 Å². The fourth-order valence-corrected chi connectivity index (χ4v) is 3.37. The molecule has 1 fully saturated rings. The minimum atomic E-state index is 0.535. The topological polar surface area (TPSA) is 21.3 Å². The van der Waals surface area contributed by atoms with Gasteiger partial charge in [-0.05, 0) is 30.4 Å². The van der Waals surface area contributed by atoms with E-state index in [0.717, 1.165) is 30.6 Å². The van der Waals surface area contributed by atoms with Gasteiger partial charge in [0.1, 0.15) is 0 Å². The van der Waals surface area contributed by atoms with Crippen molar-refractivity contribution in [1.29, 1.82) is 0 Å². The molecule has 0 aliphatic heterocycles. The first kappa shape index (κ1) is 14.8. The molecule has 0 amide bonds. The fraction of sp³-hybridized carbons (Fsp3) is 0.625. The Balaban J connectivity index is 2.03. The van der Waals surface area contributed by atoms with Crippen molar-refractivity contribution in [1.82, 2.24) is 5.32 Å². The predicted octanol–water partition coefficient (Wildman–Crippen LogP) is 3.85. The lowest BCUT2D eigenvalue weighted by atomic mass is 9.84. The maximum atomic E-state index is 6.39. The first-order valence-electron chi connectivity index (χ1n) is 7.27. The quantitative estimate of drug-likeness (QED) is 0.767. The van der Waals surface area contributed by atoms with E-state index in [1.807, 2.05) is 12.1 Å². The zero-order valence-corrected chi connectivity index (χ0v) is 12.5. The lowest BCUT2D eigenvalue weighted by Gasteiger charge is -2.25. The Bertz CT molecular complexity index is 377. The summed E-state index contributed by atoms with van der Waals surface area (Å²) in [7, 11) is 1.74. The van der Waals surface area contributed by atoms with Crippen molar-refractivity contribution in [3.63, 3.8) is 0 Å². The molecule has 19 heavy (non-hydrogen) atoms. The summed E-state index contributed by atoms with van der Waals surface area (Å²) in [5.41, 5.74) is 1.31. The highest BCUT2D eigenvalue weighted by molar-refractivity contribution is 6.31. The Hall–Kier alpha value is -0.570. The predicted molar refractivity (Wildman–Crippen MR) is 80.9 cm³/mol. The van der Waals surface area contributed by atoms with Crippen LogP contribution in [0, 0.1) is 5.92 Å². The van der Waals surface area contributed by atoms with E-state index in [1.54, 1.807) is 7.11 Å². The van der Waals surface area contributed by atoms with Crippen LogP contribution in [0.4, 0.5) is 0 Å². The van der Waals surface area contributed by atoms with Crippen molar-refractivity contribution >= 4 is 11.6 Å². The van der Waals surface area contributed by atoms with Crippen LogP contribution in [0.1, 0.15) is 37.2 Å². The van der Waals surface area contributed by atoms with Crippen LogP contribution in [0.2, 0.25) is 5.02 Å². The van der Waals surface area contributed by atoms with Crippen LogP contribution in [0.15, 0.2) is 24.3 Å². The maximum Gasteiger partial charge on any atom is 0.0587 e. The fourth-order valence-electron chi connectivity index (χ4n) is 3.10. The molecule has 0 saturated heterocycles. The molecule has 1 atom stereocenters. The lowest BCUT2D eigenvalue weighted by molar-refractivity contribution is 0.198. The molecule has 1 aromatic rings. The average Bonchev–Trinajstić information content (AvgIpc) is 2.94. The molecule has 0 radical (unpaired) electrons. The van der Waals surface area contributed by atoms with Gasteiger partial charge in [-0.15, -0.1) is 0 Å². The van der Waals surface area contributed by atoms with Crippen molar-refractivity contribution in [2.24, 2.45) is 5.92 Å². The minimum absolute atomic E-state index is 0.535. The molecule has 1 saturated carbocycles. The second-order valence-corrected chi connectivity index (χ2v) is 5.78. The highest BCUT2D eigenvalue weighted by atomic mass is 35.5. The summed E-state index contributed by atoms with van der Waals surface area (Å²) in [6.07, 6.45) is 5.40. The van der Waals surface area contributed by atoms with Gasteiger partial charge >= 0.3 is 0 Å². The summed E-state index contributed by atoms with van der Waals surface area (Å²) in [6, 6.07) is 8.30. The average molecular weight is 282 g/mol. The highest BCUT2D eigenvalue weighted by Gasteiger charge is 2.27. The zero-order chi connectivity index (χ0) is 13.5. The third-order valence-corrected chi connectivity index (χ3v) is 4.46. The summed E-state index contributed by atoms with van der Waals surface area (Å²) < 4.78 is 5.09. The molecular weight excluding hydrogens is 258 g/mol. The largest absolute Gasteiger partial charge is 0.383 e. The highest BCUT2D eigenvalue weighted by Crippen LogP contribution is 2.39. The van der Waals surface area contributed by atoms with Crippen LogP contribution in [0.25, 0.3) is 0 Å². The summed E-state index contributed by atoms with van der Waals surface area (Å²) in [5, 5.41) is 4.42. The molecule has 2 nitrogen and oxygen atoms in total. The smallest absolute Gasteiger partial charge is 0.0587 e. The molecule has 3 heteroatoms. The number of methoxy groups -OCH3 is 1. The second-order valence-electron chi connectivity index (χ2n) is 5.37. The molecule has 1 aliphatic rings. The van der Waals surface area contributed by atoms with Gasteiger partial charge in [-0.1, -0.05) is 42.6 Å². The number of benzene rings is 1. The van der Waals surface area contributed by atoms with Crippen LogP contribution in [0.3, 0.4) is 0 Å². The Kier molecular flexibility index (Phi) is 6.15. The molecule has 2 rings (SSSR count). The maximum absolute atomic E-state index is 6.39. The van der Waals surface area contributed by atoms with E-state index in [9.17, 15) is 0 Å². The van der Waals surface area contributed by atoms with Crippen molar-refractivity contribution < 1.29 is 4.74 Å². The van der Waals surface area contributed by atoms with Crippen molar-refractivity contribution in [3.05, 3.63) is 34.9 Å². The monoisotopic (exact) mass is 281 g/mol. The molecule has 0 heterocycles. The van der Waals surface area contributed by atoms with Gasteiger partial charge < -0.3 is 10.1 Å². The van der Waals surface area contributed by atoms with Gasteiger partial charge in [-0.2, -0.15) is 0 Å². The van der Waals surface area contributed by atoms with Crippen LogP contribution in [0.5, 0.6) is 0 Å². The number of ether oxygens (including phenoxy) is 1. The normalized spacial score (nSPS) is 17.8. The molecule has 0 bridgehead atoms. The third kappa shape index (κ3) is 4.20. The Morgan fingerprint density at radius 2 is 2.05 bits per heavy atom. The SMILES string of the molecule is COCCNCC(c1ccccc1Cl)C1CCCC1.